The number of anilines is 2. The second-order valence-corrected chi connectivity index (χ2v) is 17.0. The monoisotopic (exact) mass is 938 g/mol. The first kappa shape index (κ1) is 49.3. The van der Waals surface area contributed by atoms with Crippen LogP contribution in [-0.4, -0.2) is 123 Å². The Bertz CT molecular complexity index is 2660. The highest BCUT2D eigenvalue weighted by atomic mass is 19.1. The largest absolute Gasteiger partial charge is 0.548 e. The molecule has 6 heterocycles. The molecule has 2 aliphatic heterocycles. The van der Waals surface area contributed by atoms with Gasteiger partial charge in [-0.2, -0.15) is 0 Å². The number of hydrogen-bond acceptors (Lipinski definition) is 19. The average Bonchev–Trinajstić information content (AvgIpc) is 4.24. The second kappa shape index (κ2) is 19.4. The van der Waals surface area contributed by atoms with Crippen LogP contribution in [0.5, 0.6) is 0 Å². The highest BCUT2D eigenvalue weighted by Crippen LogP contribution is 2.40. The van der Waals surface area contributed by atoms with Crippen molar-refractivity contribution < 1.29 is 58.3 Å². The first-order valence-electron chi connectivity index (χ1n) is 20.7. The number of nitrogens with two attached hydrogens (primary N) is 3. The molecule has 0 spiro atoms. The van der Waals surface area contributed by atoms with Crippen molar-refractivity contribution in [1.29, 1.82) is 0 Å². The zero-order valence-electron chi connectivity index (χ0n) is 36.9. The summed E-state index contributed by atoms with van der Waals surface area (Å²) in [6.45, 7) is 8.78. The minimum atomic E-state index is -1.55. The molecule has 0 aromatic carbocycles. The van der Waals surface area contributed by atoms with Gasteiger partial charge in [-0.3, -0.25) is 9.59 Å². The van der Waals surface area contributed by atoms with Gasteiger partial charge >= 0.3 is 11.9 Å². The number of fused-ring (bicyclic) bond motifs is 2. The summed E-state index contributed by atoms with van der Waals surface area (Å²) in [7, 11) is 2.88. The topological polar surface area (TPSA) is 342 Å². The Morgan fingerprint density at radius 1 is 0.821 bits per heavy atom. The summed E-state index contributed by atoms with van der Waals surface area (Å²) in [6.07, 6.45) is 6.03. The van der Waals surface area contributed by atoms with Crippen molar-refractivity contribution in [2.45, 2.75) is 57.7 Å². The molecule has 4 aromatic rings. The molecule has 4 aliphatic rings. The molecule has 2 aliphatic carbocycles. The lowest BCUT2D eigenvalue weighted by atomic mass is 9.88. The predicted octanol–water partition coefficient (Wildman–Crippen LogP) is 0.779. The summed E-state index contributed by atoms with van der Waals surface area (Å²) in [6, 6.07) is 0.795. The van der Waals surface area contributed by atoms with Crippen LogP contribution in [0.2, 0.25) is 0 Å². The molecule has 4 aromatic heterocycles. The van der Waals surface area contributed by atoms with Gasteiger partial charge in [0, 0.05) is 61.5 Å². The van der Waals surface area contributed by atoms with Crippen molar-refractivity contribution in [3.8, 4) is 0 Å². The summed E-state index contributed by atoms with van der Waals surface area (Å²) in [5.41, 5.74) is 15.4. The minimum Gasteiger partial charge on any atom is -0.548 e. The van der Waals surface area contributed by atoms with Crippen LogP contribution < -0.4 is 43.0 Å². The number of pyridine rings is 4. The van der Waals surface area contributed by atoms with Crippen molar-refractivity contribution in [1.82, 2.24) is 19.1 Å². The molecule has 2 saturated carbocycles. The lowest BCUT2D eigenvalue weighted by Gasteiger charge is -2.23. The van der Waals surface area contributed by atoms with Gasteiger partial charge in [0.25, 0.3) is 0 Å². The standard InChI is InChI=1S/2C19H22FN5O4.C4H7NO4/c2*1-19(8-21)9-24(7-14(19)23-29-2)17-13(20)5-11-15(26)12(18(27)28)6-25(10-3-4-10)16(11)22-17;1-2(9-8)3(5)4(6)7/h2*5-6,10H,3-4,7-9,21H2,1-2H3,(H,27,28);3,8H,1,5H2,(H,6,7)/p-1/b2*23-14-;/t2*19-;/m11./s1. The van der Waals surface area contributed by atoms with Crippen LogP contribution in [0.15, 0.2) is 56.8 Å². The number of rotatable bonds is 13. The van der Waals surface area contributed by atoms with E-state index < -0.39 is 63.0 Å². The van der Waals surface area contributed by atoms with Crippen LogP contribution in [0.25, 0.3) is 22.1 Å². The molecule has 0 radical (unpaired) electrons. The Morgan fingerprint density at radius 2 is 1.19 bits per heavy atom. The minimum absolute atomic E-state index is 0.0374. The predicted molar refractivity (Wildman–Crippen MR) is 236 cm³/mol. The van der Waals surface area contributed by atoms with Gasteiger partial charge in [-0.25, -0.2) is 33.6 Å². The molecule has 0 amide bonds. The molecule has 23 nitrogen and oxygen atoms in total. The van der Waals surface area contributed by atoms with E-state index in [9.17, 15) is 48.1 Å². The number of hydrogen-bond donors (Lipinski definition) is 6. The third-order valence-corrected chi connectivity index (χ3v) is 12.0. The average molecular weight is 939 g/mol. The normalized spacial score (nSPS) is 21.7. The molecule has 1 unspecified atom stereocenters. The Balaban J connectivity index is 0.000000187. The van der Waals surface area contributed by atoms with Crippen LogP contribution >= 0.6 is 0 Å². The number of aromatic carboxylic acids is 2. The highest BCUT2D eigenvalue weighted by Gasteiger charge is 2.43. The maximum absolute atomic E-state index is 15.0. The van der Waals surface area contributed by atoms with Gasteiger partial charge < -0.3 is 70.8 Å². The van der Waals surface area contributed by atoms with E-state index in [2.05, 4.69) is 31.7 Å². The molecular weight excluding hydrogens is 889 g/mol. The highest BCUT2D eigenvalue weighted by molar-refractivity contribution is 5.99. The number of carbonyl (C=O) groups excluding carboxylic acids is 1. The third-order valence-electron chi connectivity index (χ3n) is 12.0. The van der Waals surface area contributed by atoms with E-state index in [1.165, 1.54) is 26.6 Å². The Labute approximate surface area is 379 Å². The summed E-state index contributed by atoms with van der Waals surface area (Å²) < 4.78 is 33.3. The van der Waals surface area contributed by atoms with E-state index in [0.717, 1.165) is 37.8 Å². The van der Waals surface area contributed by atoms with Gasteiger partial charge in [0.1, 0.15) is 42.7 Å². The van der Waals surface area contributed by atoms with Gasteiger partial charge in [0.15, 0.2) is 29.0 Å². The van der Waals surface area contributed by atoms with E-state index in [-0.39, 0.29) is 70.0 Å². The molecule has 2 saturated heterocycles. The molecule has 25 heteroatoms. The molecule has 3 atom stereocenters. The van der Waals surface area contributed by atoms with Gasteiger partial charge in [-0.1, -0.05) is 30.7 Å². The van der Waals surface area contributed by atoms with E-state index >= 15 is 0 Å². The molecular formula is C42H50F2N11O12-. The fourth-order valence-corrected chi connectivity index (χ4v) is 7.72. The molecule has 360 valence electrons. The van der Waals surface area contributed by atoms with E-state index in [0.29, 0.717) is 37.6 Å². The van der Waals surface area contributed by atoms with Crippen LogP contribution in [0.3, 0.4) is 0 Å². The lowest BCUT2D eigenvalue weighted by Crippen LogP contribution is -2.43. The van der Waals surface area contributed by atoms with E-state index in [1.807, 2.05) is 13.8 Å². The van der Waals surface area contributed by atoms with Crippen molar-refractivity contribution in [3.63, 3.8) is 0 Å². The fourth-order valence-electron chi connectivity index (χ4n) is 7.72. The van der Waals surface area contributed by atoms with Gasteiger partial charge in [-0.15, -0.1) is 0 Å². The van der Waals surface area contributed by atoms with E-state index in [4.69, 9.17) is 32.1 Å². The summed E-state index contributed by atoms with van der Waals surface area (Å²) in [5.74, 6) is -5.91. The number of aliphatic carboxylic acids is 1. The van der Waals surface area contributed by atoms with Crippen molar-refractivity contribution in [3.05, 3.63) is 80.1 Å². The first-order chi connectivity index (χ1) is 31.7. The Morgan fingerprint density at radius 3 is 1.46 bits per heavy atom. The lowest BCUT2D eigenvalue weighted by molar-refractivity contribution is -0.309. The third kappa shape index (κ3) is 9.89. The fraction of sp³-hybridized carbons (Fsp3) is 0.452. The summed E-state index contributed by atoms with van der Waals surface area (Å²) in [5, 5.41) is 44.3. The second-order valence-electron chi connectivity index (χ2n) is 17.0. The maximum atomic E-state index is 15.0. The Hall–Kier alpha value is -7.09. The molecule has 4 fully saturated rings. The molecule has 9 N–H and O–H groups in total. The number of nitrogens with zero attached hydrogens (tertiary/aromatic N) is 8. The van der Waals surface area contributed by atoms with Crippen molar-refractivity contribution in [2.75, 3.05) is 63.3 Å². The van der Waals surface area contributed by atoms with Gasteiger partial charge in [0.05, 0.1) is 41.3 Å². The maximum Gasteiger partial charge on any atom is 0.341 e. The Kier molecular flexibility index (Phi) is 14.3. The van der Waals surface area contributed by atoms with Crippen molar-refractivity contribution >= 4 is 63.0 Å². The number of carboxylic acids is 3. The van der Waals surface area contributed by atoms with Crippen LogP contribution in [0.4, 0.5) is 20.4 Å². The van der Waals surface area contributed by atoms with Crippen molar-refractivity contribution in [2.24, 2.45) is 38.3 Å². The quantitative estimate of drug-likeness (QED) is 0.0613. The number of aromatic nitrogens is 4. The van der Waals surface area contributed by atoms with Crippen LogP contribution in [-0.2, 0) is 19.4 Å². The van der Waals surface area contributed by atoms with Crippen LogP contribution in [0, 0.1) is 22.5 Å². The zero-order valence-corrected chi connectivity index (χ0v) is 36.9. The van der Waals surface area contributed by atoms with E-state index in [1.54, 1.807) is 18.9 Å². The summed E-state index contributed by atoms with van der Waals surface area (Å²) >= 11 is 0. The summed E-state index contributed by atoms with van der Waals surface area (Å²) in [4.78, 5) is 83.4. The number of carboxylic acid groups (broad SMARTS) is 3. The molecule has 67 heavy (non-hydrogen) atoms. The molecule has 0 bridgehead atoms. The first-order valence-corrected chi connectivity index (χ1v) is 20.7. The zero-order chi connectivity index (χ0) is 49.3. The number of oxime groups is 2. The van der Waals surface area contributed by atoms with Crippen LogP contribution in [0.1, 0.15) is 72.3 Å². The van der Waals surface area contributed by atoms with Gasteiger partial charge in [-0.05, 0) is 37.8 Å². The smallest absolute Gasteiger partial charge is 0.341 e. The van der Waals surface area contributed by atoms with Gasteiger partial charge in [0.2, 0.25) is 10.9 Å². The SMILES string of the molecule is C=C(OO)C(N)C(=O)[O-].CO/N=C1/CN(c2nc3c(cc2F)c(=O)c(C(=O)O)cn3C2CC2)C[C@@]1(C)CN.CO/N=C1/CN(c2nc3c(cc2F)c(=O)c(C(=O)O)cn3C2CC2)C[C@@]1(C)CN. The number of carbonyl (C=O) groups is 3. The molecule has 8 rings (SSSR count). The number of halogens is 2.